The Hall–Kier alpha value is -7.06. The SMILES string of the molecule is Cc1ccc2c(c1)C(C)(C)c1ccc(/C(=C/c3cccc4sc5c(-c6ccccc6)cccc5c34)c3cccc4c3-c3ccccc3C43c4ccccc4-c4ccccc43)cc1-2. The number of hydrogen-bond acceptors (Lipinski definition) is 1. The summed E-state index contributed by atoms with van der Waals surface area (Å²) < 4.78 is 2.64. The van der Waals surface area contributed by atoms with Crippen LogP contribution < -0.4 is 0 Å². The Balaban J connectivity index is 1.12. The first-order valence-corrected chi connectivity index (χ1v) is 22.7. The van der Waals surface area contributed by atoms with E-state index in [1.54, 1.807) is 0 Å². The highest BCUT2D eigenvalue weighted by Crippen LogP contribution is 2.64. The zero-order valence-corrected chi connectivity index (χ0v) is 35.8. The highest BCUT2D eigenvalue weighted by molar-refractivity contribution is 7.26. The quantitative estimate of drug-likeness (QED) is 0.155. The monoisotopic (exact) mass is 806 g/mol. The van der Waals surface area contributed by atoms with E-state index >= 15 is 0 Å². The number of aryl methyl sites for hydroxylation is 1. The van der Waals surface area contributed by atoms with Gasteiger partial charge in [0.25, 0.3) is 0 Å². The van der Waals surface area contributed by atoms with Gasteiger partial charge in [-0.15, -0.1) is 11.3 Å². The van der Waals surface area contributed by atoms with E-state index in [1.807, 2.05) is 11.3 Å². The number of hydrogen-bond donors (Lipinski definition) is 0. The molecule has 0 atom stereocenters. The average Bonchev–Trinajstić information content (AvgIpc) is 4.01. The molecule has 0 unspecified atom stereocenters. The minimum atomic E-state index is -0.420. The molecule has 0 N–H and O–H groups in total. The van der Waals surface area contributed by atoms with Gasteiger partial charge >= 0.3 is 0 Å². The first-order valence-electron chi connectivity index (χ1n) is 21.8. The molecule has 0 fully saturated rings. The molecule has 1 spiro atoms. The highest BCUT2D eigenvalue weighted by atomic mass is 32.1. The third-order valence-corrected chi connectivity index (χ3v) is 15.6. The second kappa shape index (κ2) is 13.0. The summed E-state index contributed by atoms with van der Waals surface area (Å²) in [7, 11) is 0. The van der Waals surface area contributed by atoms with Gasteiger partial charge in [0.05, 0.1) is 5.41 Å². The lowest BCUT2D eigenvalue weighted by atomic mass is 9.70. The summed E-state index contributed by atoms with van der Waals surface area (Å²) in [4.78, 5) is 0. The van der Waals surface area contributed by atoms with Crippen molar-refractivity contribution >= 4 is 43.2 Å². The van der Waals surface area contributed by atoms with Crippen LogP contribution in [0.2, 0.25) is 0 Å². The van der Waals surface area contributed by atoms with Crippen LogP contribution in [0.25, 0.3) is 76.3 Å². The Labute approximate surface area is 367 Å². The zero-order chi connectivity index (χ0) is 41.3. The second-order valence-corrected chi connectivity index (χ2v) is 19.0. The lowest BCUT2D eigenvalue weighted by molar-refractivity contribution is 0.659. The summed E-state index contributed by atoms with van der Waals surface area (Å²) in [6.07, 6.45) is 2.52. The van der Waals surface area contributed by atoms with E-state index in [0.29, 0.717) is 0 Å². The second-order valence-electron chi connectivity index (χ2n) is 18.0. The van der Waals surface area contributed by atoms with Crippen molar-refractivity contribution in [1.82, 2.24) is 0 Å². The molecule has 62 heavy (non-hydrogen) atoms. The fourth-order valence-electron chi connectivity index (χ4n) is 11.7. The van der Waals surface area contributed by atoms with E-state index in [4.69, 9.17) is 0 Å². The van der Waals surface area contributed by atoms with Crippen LogP contribution in [0.5, 0.6) is 0 Å². The highest BCUT2D eigenvalue weighted by Gasteiger charge is 2.52. The molecule has 292 valence electrons. The molecule has 1 heterocycles. The van der Waals surface area contributed by atoms with Gasteiger partial charge in [-0.2, -0.15) is 0 Å². The minimum Gasteiger partial charge on any atom is -0.135 e. The molecule has 10 aromatic rings. The van der Waals surface area contributed by atoms with Crippen LogP contribution in [0.1, 0.15) is 69.5 Å². The standard InChI is InChI=1S/C61H42S/c1-37-30-32-44-49-35-39(31-33-50(49)60(2,3)55(44)34-37)48(36-40-18-13-29-56-57(40)47-24-14-22-41(59(47)62-56)38-16-5-4-6-17-38)45-23-15-28-54-58(45)46-21-9-12-27-53(46)61(54)51-25-10-7-19-42(51)43-20-8-11-26-52(43)61/h4-36H,1-3H3/b48-36-. The number of fused-ring (bicyclic) bond motifs is 16. The molecule has 3 aliphatic carbocycles. The van der Waals surface area contributed by atoms with Crippen molar-refractivity contribution in [2.45, 2.75) is 31.6 Å². The molecular weight excluding hydrogens is 765 g/mol. The molecule has 0 saturated heterocycles. The summed E-state index contributed by atoms with van der Waals surface area (Å²) in [6, 6.07) is 73.5. The molecule has 1 heteroatoms. The number of thiophene rings is 1. The van der Waals surface area contributed by atoms with Gasteiger partial charge < -0.3 is 0 Å². The van der Waals surface area contributed by atoms with Crippen molar-refractivity contribution < 1.29 is 0 Å². The number of rotatable bonds is 4. The van der Waals surface area contributed by atoms with E-state index < -0.39 is 5.41 Å². The van der Waals surface area contributed by atoms with Crippen molar-refractivity contribution in [3.05, 3.63) is 250 Å². The first-order chi connectivity index (χ1) is 30.4. The lowest BCUT2D eigenvalue weighted by Crippen LogP contribution is -2.25. The summed E-state index contributed by atoms with van der Waals surface area (Å²) in [5, 5.41) is 2.62. The van der Waals surface area contributed by atoms with E-state index in [1.165, 1.54) is 126 Å². The van der Waals surface area contributed by atoms with E-state index in [0.717, 1.165) is 0 Å². The summed E-state index contributed by atoms with van der Waals surface area (Å²) in [5.74, 6) is 0. The van der Waals surface area contributed by atoms with Crippen LogP contribution in [0.15, 0.2) is 194 Å². The molecule has 0 aliphatic heterocycles. The number of benzene rings is 9. The molecule has 0 amide bonds. The maximum atomic E-state index is 2.52. The fourth-order valence-corrected chi connectivity index (χ4v) is 13.0. The van der Waals surface area contributed by atoms with Crippen molar-refractivity contribution in [1.29, 1.82) is 0 Å². The summed E-state index contributed by atoms with van der Waals surface area (Å²) in [5.41, 5.74) is 24.5. The van der Waals surface area contributed by atoms with Crippen LogP contribution in [0, 0.1) is 6.92 Å². The van der Waals surface area contributed by atoms with Gasteiger partial charge in [-0.1, -0.05) is 201 Å². The maximum Gasteiger partial charge on any atom is 0.0725 e. The average molecular weight is 807 g/mol. The molecule has 0 nitrogen and oxygen atoms in total. The Morgan fingerprint density at radius 2 is 1.10 bits per heavy atom. The van der Waals surface area contributed by atoms with Gasteiger partial charge in [0.2, 0.25) is 0 Å². The molecule has 0 saturated carbocycles. The van der Waals surface area contributed by atoms with Crippen LogP contribution in [0.3, 0.4) is 0 Å². The van der Waals surface area contributed by atoms with Gasteiger partial charge in [0.15, 0.2) is 0 Å². The molecule has 0 radical (unpaired) electrons. The van der Waals surface area contributed by atoms with Crippen molar-refractivity contribution in [2.75, 3.05) is 0 Å². The van der Waals surface area contributed by atoms with Crippen molar-refractivity contribution in [3.63, 3.8) is 0 Å². The fraction of sp³-hybridized carbons (Fsp3) is 0.0820. The molecule has 3 aliphatic rings. The predicted molar refractivity (Wildman–Crippen MR) is 263 cm³/mol. The van der Waals surface area contributed by atoms with Gasteiger partial charge in [-0.05, 0) is 125 Å². The third-order valence-electron chi connectivity index (χ3n) is 14.4. The van der Waals surface area contributed by atoms with Gasteiger partial charge in [-0.3, -0.25) is 0 Å². The maximum absolute atomic E-state index is 2.52. The Morgan fingerprint density at radius 1 is 0.468 bits per heavy atom. The van der Waals surface area contributed by atoms with Crippen LogP contribution >= 0.6 is 11.3 Å². The summed E-state index contributed by atoms with van der Waals surface area (Å²) >= 11 is 1.91. The van der Waals surface area contributed by atoms with E-state index in [2.05, 4.69) is 221 Å². The first kappa shape index (κ1) is 35.7. The Kier molecular flexibility index (Phi) is 7.47. The molecular formula is C61H42S. The van der Waals surface area contributed by atoms with Crippen LogP contribution in [-0.4, -0.2) is 0 Å². The Morgan fingerprint density at radius 3 is 1.87 bits per heavy atom. The van der Waals surface area contributed by atoms with E-state index in [-0.39, 0.29) is 5.41 Å². The molecule has 1 aromatic heterocycles. The lowest BCUT2D eigenvalue weighted by Gasteiger charge is -2.30. The molecule has 0 bridgehead atoms. The van der Waals surface area contributed by atoms with Crippen molar-refractivity contribution in [3.8, 4) is 44.5 Å². The van der Waals surface area contributed by atoms with Gasteiger partial charge in [0, 0.05) is 25.6 Å². The minimum absolute atomic E-state index is 0.0840. The van der Waals surface area contributed by atoms with Gasteiger partial charge in [-0.25, -0.2) is 0 Å². The normalized spacial score (nSPS) is 14.7. The van der Waals surface area contributed by atoms with Crippen LogP contribution in [-0.2, 0) is 10.8 Å². The van der Waals surface area contributed by atoms with Gasteiger partial charge in [0.1, 0.15) is 0 Å². The smallest absolute Gasteiger partial charge is 0.0725 e. The van der Waals surface area contributed by atoms with Crippen LogP contribution in [0.4, 0.5) is 0 Å². The molecule has 9 aromatic carbocycles. The zero-order valence-electron chi connectivity index (χ0n) is 35.0. The third kappa shape index (κ3) is 4.72. The topological polar surface area (TPSA) is 0 Å². The van der Waals surface area contributed by atoms with Crippen molar-refractivity contribution in [2.24, 2.45) is 0 Å². The van der Waals surface area contributed by atoms with E-state index in [9.17, 15) is 0 Å². The predicted octanol–water partition coefficient (Wildman–Crippen LogP) is 16.3. The molecule has 13 rings (SSSR count). The largest absolute Gasteiger partial charge is 0.135 e. The summed E-state index contributed by atoms with van der Waals surface area (Å²) in [6.45, 7) is 6.99. The Bertz CT molecular complexity index is 3510.